The number of unbranched alkanes of at least 4 members (excludes halogenated alkanes) is 14. The normalized spacial score (nSPS) is 13.0. The lowest BCUT2D eigenvalue weighted by atomic mass is 9.76. The van der Waals surface area contributed by atoms with E-state index in [9.17, 15) is 79.4 Å². The second kappa shape index (κ2) is 21.9. The zero-order valence-electron chi connectivity index (χ0n) is 30.6. The summed E-state index contributed by atoms with van der Waals surface area (Å²) in [6.07, 6.45) is -24.5. The lowest BCUT2D eigenvalue weighted by Gasteiger charge is -2.41. The molecule has 1 rings (SSSR count). The SMILES string of the molecule is CCCCCCCCCCC#CC#CCCCCCCCCOC(=O)c1ccc(C(=C(C(F)(C(F)(F)F)C(F)(F)F)C(F)(C(F)(F)F)C(F)(F)F)C(F)(F)F)cc1. The molecule has 0 spiro atoms. The lowest BCUT2D eigenvalue weighted by Crippen LogP contribution is -2.66. The minimum Gasteiger partial charge on any atom is -0.462 e. The Hall–Kier alpha value is -3.64. The van der Waals surface area contributed by atoms with Crippen LogP contribution in [0.4, 0.5) is 74.6 Å². The Labute approximate surface area is 319 Å². The molecule has 0 heterocycles. The van der Waals surface area contributed by atoms with Gasteiger partial charge in [0, 0.05) is 12.8 Å². The number of benzene rings is 1. The summed E-state index contributed by atoms with van der Waals surface area (Å²) in [7, 11) is 0. The van der Waals surface area contributed by atoms with E-state index in [4.69, 9.17) is 4.74 Å². The Bertz CT molecular complexity index is 1470. The molecule has 0 atom stereocenters. The summed E-state index contributed by atoms with van der Waals surface area (Å²) in [5.74, 6) is 10.2. The van der Waals surface area contributed by atoms with Crippen LogP contribution in [0.5, 0.6) is 0 Å². The first-order chi connectivity index (χ1) is 26.2. The van der Waals surface area contributed by atoms with Gasteiger partial charge in [0.15, 0.2) is 0 Å². The Morgan fingerprint density at radius 1 is 0.491 bits per heavy atom. The average Bonchev–Trinajstić information content (AvgIpc) is 3.08. The van der Waals surface area contributed by atoms with Crippen LogP contribution in [-0.2, 0) is 4.74 Å². The second-order valence-electron chi connectivity index (χ2n) is 13.0. The van der Waals surface area contributed by atoms with Gasteiger partial charge in [0.2, 0.25) is 0 Å². The van der Waals surface area contributed by atoms with Crippen LogP contribution in [0.15, 0.2) is 29.8 Å². The van der Waals surface area contributed by atoms with Crippen molar-refractivity contribution in [1.82, 2.24) is 0 Å². The van der Waals surface area contributed by atoms with Crippen molar-refractivity contribution in [3.05, 3.63) is 41.0 Å². The van der Waals surface area contributed by atoms with Crippen LogP contribution < -0.4 is 0 Å². The summed E-state index contributed by atoms with van der Waals surface area (Å²) >= 11 is 0. The second-order valence-corrected chi connectivity index (χ2v) is 13.0. The molecule has 0 fully saturated rings. The fourth-order valence-corrected chi connectivity index (χ4v) is 5.52. The lowest BCUT2D eigenvalue weighted by molar-refractivity contribution is -0.363. The molecule has 0 bridgehead atoms. The summed E-state index contributed by atoms with van der Waals surface area (Å²) in [6, 6.07) is -0.437. The molecule has 0 saturated carbocycles. The monoisotopic (exact) mass is 852 g/mol. The van der Waals surface area contributed by atoms with Gasteiger partial charge < -0.3 is 4.74 Å². The van der Waals surface area contributed by atoms with Crippen molar-refractivity contribution >= 4 is 11.5 Å². The van der Waals surface area contributed by atoms with Crippen molar-refractivity contribution in [2.45, 2.75) is 152 Å². The fourth-order valence-electron chi connectivity index (χ4n) is 5.52. The molecule has 0 aliphatic heterocycles. The molecule has 0 saturated heterocycles. The fraction of sp³-hybridized carbons (Fsp3) is 0.658. The molecule has 0 unspecified atom stereocenters. The third-order valence-corrected chi connectivity index (χ3v) is 8.52. The van der Waals surface area contributed by atoms with Gasteiger partial charge in [0.05, 0.1) is 23.3 Å². The summed E-state index contributed by atoms with van der Waals surface area (Å²) in [4.78, 5) is 12.3. The largest absolute Gasteiger partial charge is 0.462 e. The van der Waals surface area contributed by atoms with Crippen molar-refractivity contribution < 1.29 is 84.2 Å². The van der Waals surface area contributed by atoms with Gasteiger partial charge in [-0.1, -0.05) is 102 Å². The highest BCUT2D eigenvalue weighted by atomic mass is 19.4. The number of esters is 1. The molecule has 19 heteroatoms. The number of ether oxygens (including phenoxy) is 1. The molecule has 0 aromatic heterocycles. The molecule has 1 aromatic rings. The molecule has 2 nitrogen and oxygen atoms in total. The minimum atomic E-state index is -8.21. The van der Waals surface area contributed by atoms with Crippen molar-refractivity contribution in [1.29, 1.82) is 0 Å². The predicted molar refractivity (Wildman–Crippen MR) is 177 cm³/mol. The number of alkyl halides is 17. The van der Waals surface area contributed by atoms with E-state index in [1.165, 1.54) is 38.5 Å². The smallest absolute Gasteiger partial charge is 0.435 e. The van der Waals surface area contributed by atoms with E-state index in [1.807, 2.05) is 0 Å². The quantitative estimate of drug-likeness (QED) is 0.0565. The van der Waals surface area contributed by atoms with Crippen molar-refractivity contribution in [2.24, 2.45) is 0 Å². The summed E-state index contributed by atoms with van der Waals surface area (Å²) in [6.45, 7) is 1.86. The van der Waals surface area contributed by atoms with E-state index in [-0.39, 0.29) is 37.3 Å². The average molecular weight is 853 g/mol. The maximum absolute atomic E-state index is 15.0. The standard InChI is InChI=1S/C38H41F17O2/c1-2-3-4-5-6-7-8-9-10-11-12-13-14-15-16-17-18-19-20-21-26-57-31(56)28-24-22-27(23-25-28)29(34(41,42)43)30(32(39,35(44,45)46)36(47,48)49)33(40,37(50,51)52)38(53,54)55/h22-25H,2-10,15-21,26H2,1H3. The number of halogens is 17. The van der Waals surface area contributed by atoms with Crippen molar-refractivity contribution in [2.75, 3.05) is 6.61 Å². The van der Waals surface area contributed by atoms with Crippen LogP contribution in [0.3, 0.4) is 0 Å². The zero-order valence-corrected chi connectivity index (χ0v) is 30.6. The molecular formula is C38H41F17O2. The van der Waals surface area contributed by atoms with Gasteiger partial charge >= 0.3 is 48.2 Å². The molecule has 324 valence electrons. The molecule has 1 aromatic carbocycles. The molecule has 0 aliphatic rings. The highest BCUT2D eigenvalue weighted by Gasteiger charge is 2.87. The van der Waals surface area contributed by atoms with Crippen LogP contribution in [-0.4, -0.2) is 54.8 Å². The maximum Gasteiger partial charge on any atom is 0.435 e. The van der Waals surface area contributed by atoms with Crippen LogP contribution in [0.2, 0.25) is 0 Å². The Kier molecular flexibility index (Phi) is 19.8. The topological polar surface area (TPSA) is 26.3 Å². The van der Waals surface area contributed by atoms with Crippen LogP contribution in [0, 0.1) is 23.7 Å². The Morgan fingerprint density at radius 3 is 1.18 bits per heavy atom. The van der Waals surface area contributed by atoms with Gasteiger partial charge in [0.25, 0.3) is 0 Å². The molecule has 0 amide bonds. The number of hydrogen-bond donors (Lipinski definition) is 0. The number of rotatable bonds is 20. The number of carbonyl (C=O) groups excluding carboxylic acids is 1. The number of allylic oxidation sites excluding steroid dienone is 2. The van der Waals surface area contributed by atoms with Gasteiger partial charge in [-0.05, 0) is 48.8 Å². The van der Waals surface area contributed by atoms with E-state index in [1.54, 1.807) is 0 Å². The van der Waals surface area contributed by atoms with Gasteiger partial charge in [-0.25, -0.2) is 13.6 Å². The van der Waals surface area contributed by atoms with E-state index in [0.29, 0.717) is 19.3 Å². The highest BCUT2D eigenvalue weighted by Crippen LogP contribution is 2.64. The summed E-state index contributed by atoms with van der Waals surface area (Å²) in [5.41, 5.74) is -29.3. The molecule has 0 aliphatic carbocycles. The molecule has 0 N–H and O–H groups in total. The third-order valence-electron chi connectivity index (χ3n) is 8.52. The maximum atomic E-state index is 15.0. The Morgan fingerprint density at radius 2 is 0.825 bits per heavy atom. The third kappa shape index (κ3) is 14.6. The van der Waals surface area contributed by atoms with Gasteiger partial charge in [-0.2, -0.15) is 65.9 Å². The first-order valence-electron chi connectivity index (χ1n) is 17.9. The zero-order chi connectivity index (χ0) is 43.8. The van der Waals surface area contributed by atoms with Crippen molar-refractivity contribution in [3.63, 3.8) is 0 Å². The number of hydrogen-bond acceptors (Lipinski definition) is 2. The Balaban J connectivity index is 2.94. The molecule has 57 heavy (non-hydrogen) atoms. The van der Waals surface area contributed by atoms with Crippen LogP contribution in [0.1, 0.15) is 126 Å². The highest BCUT2D eigenvalue weighted by molar-refractivity contribution is 5.90. The van der Waals surface area contributed by atoms with Gasteiger partial charge in [0.1, 0.15) is 0 Å². The summed E-state index contributed by atoms with van der Waals surface area (Å²) in [5, 5.41) is 0. The van der Waals surface area contributed by atoms with E-state index >= 15 is 0 Å². The van der Waals surface area contributed by atoms with E-state index < -0.39 is 70.5 Å². The molecular weight excluding hydrogens is 811 g/mol. The van der Waals surface area contributed by atoms with E-state index in [2.05, 4.69) is 30.6 Å². The van der Waals surface area contributed by atoms with Crippen molar-refractivity contribution in [3.8, 4) is 23.7 Å². The van der Waals surface area contributed by atoms with Crippen LogP contribution in [0.25, 0.3) is 5.57 Å². The van der Waals surface area contributed by atoms with Gasteiger partial charge in [-0.15, -0.1) is 0 Å². The first-order valence-corrected chi connectivity index (χ1v) is 17.9. The predicted octanol–water partition coefficient (Wildman–Crippen LogP) is 14.1. The summed E-state index contributed by atoms with van der Waals surface area (Å²) < 4.78 is 239. The number of carbonyl (C=O) groups is 1. The van der Waals surface area contributed by atoms with Gasteiger partial charge in [-0.3, -0.25) is 0 Å². The minimum absolute atomic E-state index is 0.120. The van der Waals surface area contributed by atoms with Crippen LogP contribution >= 0.6 is 0 Å². The first kappa shape index (κ1) is 51.4. The molecule has 0 radical (unpaired) electrons. The van der Waals surface area contributed by atoms with E-state index in [0.717, 1.165) is 38.5 Å².